The minimum absolute atomic E-state index is 0.712. The van der Waals surface area contributed by atoms with Crippen molar-refractivity contribution in [2.24, 2.45) is 0 Å². The summed E-state index contributed by atoms with van der Waals surface area (Å²) < 4.78 is 0. The molecule has 0 aromatic heterocycles. The summed E-state index contributed by atoms with van der Waals surface area (Å²) in [6, 6.07) is 19.8. The number of hydrogen-bond acceptors (Lipinski definition) is 1. The van der Waals surface area contributed by atoms with Crippen molar-refractivity contribution in [2.45, 2.75) is 25.8 Å². The second-order valence-corrected chi connectivity index (χ2v) is 5.62. The van der Waals surface area contributed by atoms with Crippen LogP contribution in [0.2, 0.25) is 0 Å². The Morgan fingerprint density at radius 2 is 1.74 bits per heavy atom. The second-order valence-electron chi connectivity index (χ2n) is 5.62. The highest BCUT2D eigenvalue weighted by Gasteiger charge is 2.23. The predicted octanol–water partition coefficient (Wildman–Crippen LogP) is 3.98. The zero-order valence-corrected chi connectivity index (χ0v) is 11.5. The Labute approximate surface area is 115 Å². The number of likely N-dealkylation sites (tertiary alicyclic amines) is 1. The zero-order chi connectivity index (χ0) is 13.1. The standard InChI is InChI=1S/C18H21N/c1-15-7-9-17(10-8-15)18-11-12-19(14-18)13-16-5-3-2-4-6-16/h2-10,18H,11-14H2,1H3. The van der Waals surface area contributed by atoms with Crippen LogP contribution in [0.1, 0.15) is 29.0 Å². The lowest BCUT2D eigenvalue weighted by molar-refractivity contribution is 0.327. The van der Waals surface area contributed by atoms with E-state index < -0.39 is 0 Å². The summed E-state index contributed by atoms with van der Waals surface area (Å²) in [6.07, 6.45) is 1.29. The second kappa shape index (κ2) is 5.58. The van der Waals surface area contributed by atoms with Crippen LogP contribution in [0, 0.1) is 6.92 Å². The average molecular weight is 251 g/mol. The lowest BCUT2D eigenvalue weighted by atomic mass is 9.98. The molecule has 3 rings (SSSR count). The van der Waals surface area contributed by atoms with Crippen molar-refractivity contribution in [1.29, 1.82) is 0 Å². The van der Waals surface area contributed by atoms with Gasteiger partial charge in [-0.25, -0.2) is 0 Å². The van der Waals surface area contributed by atoms with Gasteiger partial charge in [0.1, 0.15) is 0 Å². The van der Waals surface area contributed by atoms with Crippen LogP contribution < -0.4 is 0 Å². The SMILES string of the molecule is Cc1ccc(C2CCN(Cc3ccccc3)C2)cc1. The van der Waals surface area contributed by atoms with Crippen molar-refractivity contribution < 1.29 is 0 Å². The lowest BCUT2D eigenvalue weighted by Crippen LogP contribution is -2.19. The molecule has 1 unspecified atom stereocenters. The Morgan fingerprint density at radius 1 is 1.00 bits per heavy atom. The minimum atomic E-state index is 0.712. The van der Waals surface area contributed by atoms with Crippen LogP contribution in [0.3, 0.4) is 0 Å². The highest BCUT2D eigenvalue weighted by Crippen LogP contribution is 2.28. The Morgan fingerprint density at radius 3 is 2.47 bits per heavy atom. The van der Waals surface area contributed by atoms with Gasteiger partial charge in [-0.1, -0.05) is 60.2 Å². The molecule has 1 atom stereocenters. The van der Waals surface area contributed by atoms with E-state index in [0.717, 1.165) is 6.54 Å². The first-order valence-corrected chi connectivity index (χ1v) is 7.14. The largest absolute Gasteiger partial charge is 0.298 e. The molecule has 1 nitrogen and oxygen atoms in total. The molecule has 1 heterocycles. The van der Waals surface area contributed by atoms with Crippen molar-refractivity contribution in [3.8, 4) is 0 Å². The molecule has 1 aliphatic rings. The maximum absolute atomic E-state index is 2.57. The number of hydrogen-bond donors (Lipinski definition) is 0. The van der Waals surface area contributed by atoms with Crippen molar-refractivity contribution in [3.05, 3.63) is 71.3 Å². The minimum Gasteiger partial charge on any atom is -0.298 e. The summed E-state index contributed by atoms with van der Waals surface area (Å²) in [7, 11) is 0. The average Bonchev–Trinajstić information content (AvgIpc) is 2.89. The van der Waals surface area contributed by atoms with Gasteiger partial charge in [0.25, 0.3) is 0 Å². The van der Waals surface area contributed by atoms with Crippen LogP contribution >= 0.6 is 0 Å². The van der Waals surface area contributed by atoms with E-state index in [1.54, 1.807) is 0 Å². The third-order valence-electron chi connectivity index (χ3n) is 4.07. The molecule has 0 spiro atoms. The molecule has 0 bridgehead atoms. The van der Waals surface area contributed by atoms with Gasteiger partial charge in [-0.15, -0.1) is 0 Å². The predicted molar refractivity (Wildman–Crippen MR) is 80.3 cm³/mol. The van der Waals surface area contributed by atoms with Gasteiger partial charge in [-0.05, 0) is 36.9 Å². The Balaban J connectivity index is 1.62. The van der Waals surface area contributed by atoms with Crippen LogP contribution in [0.5, 0.6) is 0 Å². The molecule has 0 N–H and O–H groups in total. The van der Waals surface area contributed by atoms with E-state index in [0.29, 0.717) is 5.92 Å². The molecule has 0 amide bonds. The lowest BCUT2D eigenvalue weighted by Gasteiger charge is -2.16. The van der Waals surface area contributed by atoms with Crippen LogP contribution in [0.25, 0.3) is 0 Å². The number of nitrogens with zero attached hydrogens (tertiary/aromatic N) is 1. The molecule has 1 saturated heterocycles. The molecule has 19 heavy (non-hydrogen) atoms. The van der Waals surface area contributed by atoms with Crippen LogP contribution in [0.15, 0.2) is 54.6 Å². The van der Waals surface area contributed by atoms with Gasteiger partial charge in [0.15, 0.2) is 0 Å². The first-order valence-electron chi connectivity index (χ1n) is 7.14. The van der Waals surface area contributed by atoms with E-state index in [-0.39, 0.29) is 0 Å². The van der Waals surface area contributed by atoms with E-state index in [9.17, 15) is 0 Å². The highest BCUT2D eigenvalue weighted by atomic mass is 15.1. The fourth-order valence-electron chi connectivity index (χ4n) is 2.93. The molecule has 2 aromatic carbocycles. The van der Waals surface area contributed by atoms with Crippen LogP contribution in [0.4, 0.5) is 0 Å². The van der Waals surface area contributed by atoms with E-state index >= 15 is 0 Å². The number of benzene rings is 2. The van der Waals surface area contributed by atoms with E-state index in [4.69, 9.17) is 0 Å². The van der Waals surface area contributed by atoms with E-state index in [1.807, 2.05) is 0 Å². The summed E-state index contributed by atoms with van der Waals surface area (Å²) in [5, 5.41) is 0. The molecule has 0 saturated carbocycles. The first kappa shape index (κ1) is 12.4. The number of aryl methyl sites for hydroxylation is 1. The van der Waals surface area contributed by atoms with Crippen molar-refractivity contribution in [2.75, 3.05) is 13.1 Å². The summed E-state index contributed by atoms with van der Waals surface area (Å²) in [5.41, 5.74) is 4.27. The quantitative estimate of drug-likeness (QED) is 0.797. The zero-order valence-electron chi connectivity index (χ0n) is 11.5. The molecule has 2 aromatic rings. The topological polar surface area (TPSA) is 3.24 Å². The molecule has 0 radical (unpaired) electrons. The maximum Gasteiger partial charge on any atom is 0.0233 e. The Kier molecular flexibility index (Phi) is 3.65. The van der Waals surface area contributed by atoms with Crippen molar-refractivity contribution >= 4 is 0 Å². The molecule has 1 heteroatoms. The smallest absolute Gasteiger partial charge is 0.0233 e. The Bertz CT molecular complexity index is 515. The van der Waals surface area contributed by atoms with Crippen molar-refractivity contribution in [1.82, 2.24) is 4.90 Å². The van der Waals surface area contributed by atoms with Gasteiger partial charge in [0.05, 0.1) is 0 Å². The molecule has 1 fully saturated rings. The first-order chi connectivity index (χ1) is 9.31. The summed E-state index contributed by atoms with van der Waals surface area (Å²) in [5.74, 6) is 0.712. The van der Waals surface area contributed by atoms with Gasteiger partial charge in [0, 0.05) is 13.1 Å². The highest BCUT2D eigenvalue weighted by molar-refractivity contribution is 5.25. The molecule has 98 valence electrons. The monoisotopic (exact) mass is 251 g/mol. The van der Waals surface area contributed by atoms with Crippen molar-refractivity contribution in [3.63, 3.8) is 0 Å². The molecular weight excluding hydrogens is 230 g/mol. The molecule has 0 aliphatic carbocycles. The normalized spacial score (nSPS) is 19.7. The van der Waals surface area contributed by atoms with Gasteiger partial charge >= 0.3 is 0 Å². The Hall–Kier alpha value is -1.60. The molecule has 1 aliphatic heterocycles. The maximum atomic E-state index is 2.57. The third kappa shape index (κ3) is 3.05. The fraction of sp³-hybridized carbons (Fsp3) is 0.333. The summed E-state index contributed by atoms with van der Waals surface area (Å²) in [6.45, 7) is 5.65. The van der Waals surface area contributed by atoms with E-state index in [1.165, 1.54) is 36.2 Å². The summed E-state index contributed by atoms with van der Waals surface area (Å²) in [4.78, 5) is 2.57. The van der Waals surface area contributed by atoms with Gasteiger partial charge in [0.2, 0.25) is 0 Å². The fourth-order valence-corrected chi connectivity index (χ4v) is 2.93. The van der Waals surface area contributed by atoms with Gasteiger partial charge < -0.3 is 0 Å². The van der Waals surface area contributed by atoms with Gasteiger partial charge in [-0.2, -0.15) is 0 Å². The van der Waals surface area contributed by atoms with Gasteiger partial charge in [-0.3, -0.25) is 4.90 Å². The van der Waals surface area contributed by atoms with E-state index in [2.05, 4.69) is 66.4 Å². The van der Waals surface area contributed by atoms with Crippen LogP contribution in [-0.4, -0.2) is 18.0 Å². The van der Waals surface area contributed by atoms with Crippen LogP contribution in [-0.2, 0) is 6.54 Å². The third-order valence-corrected chi connectivity index (χ3v) is 4.07. The summed E-state index contributed by atoms with van der Waals surface area (Å²) >= 11 is 0. The molecular formula is C18H21N. The number of rotatable bonds is 3.